The molecule has 0 fully saturated rings. The van der Waals surface area contributed by atoms with Crippen molar-refractivity contribution in [3.8, 4) is 5.75 Å². The lowest BCUT2D eigenvalue weighted by Gasteiger charge is -2.17. The molecule has 0 heterocycles. The van der Waals surface area contributed by atoms with Gasteiger partial charge in [-0.25, -0.2) is 9.18 Å². The molecule has 2 aromatic rings. The second-order valence-electron chi connectivity index (χ2n) is 5.08. The Hall–Kier alpha value is -2.60. The average Bonchev–Trinajstić information content (AvgIpc) is 2.60. The summed E-state index contributed by atoms with van der Waals surface area (Å²) < 4.78 is 24.0. The Morgan fingerprint density at radius 1 is 1.12 bits per heavy atom. The maximum Gasteiger partial charge on any atom is 0.315 e. The lowest BCUT2D eigenvalue weighted by molar-refractivity contribution is 0.103. The van der Waals surface area contributed by atoms with E-state index in [0.29, 0.717) is 18.7 Å². The maximum atomic E-state index is 13.2. The van der Waals surface area contributed by atoms with Gasteiger partial charge in [0, 0.05) is 13.7 Å². The molecule has 0 aliphatic heterocycles. The Morgan fingerprint density at radius 3 is 2.62 bits per heavy atom. The number of carbonyl (C=O) groups is 1. The smallest absolute Gasteiger partial charge is 0.315 e. The van der Waals surface area contributed by atoms with E-state index in [1.807, 2.05) is 30.3 Å². The number of urea groups is 1. The second-order valence-corrected chi connectivity index (χ2v) is 5.08. The summed E-state index contributed by atoms with van der Waals surface area (Å²) in [5.74, 6) is 0.419. The zero-order chi connectivity index (χ0) is 17.2. The molecule has 0 aliphatic rings. The molecule has 5 nitrogen and oxygen atoms in total. The van der Waals surface area contributed by atoms with E-state index in [9.17, 15) is 9.18 Å². The van der Waals surface area contributed by atoms with Crippen molar-refractivity contribution in [1.82, 2.24) is 10.6 Å². The Bertz CT molecular complexity index is 637. The lowest BCUT2D eigenvalue weighted by atomic mass is 10.1. The first kappa shape index (κ1) is 17.7. The number of hydrogen-bond acceptors (Lipinski definition) is 3. The molecule has 2 rings (SSSR count). The fourth-order valence-electron chi connectivity index (χ4n) is 2.14. The highest BCUT2D eigenvalue weighted by Gasteiger charge is 2.12. The van der Waals surface area contributed by atoms with E-state index < -0.39 is 6.10 Å². The predicted octanol–water partition coefficient (Wildman–Crippen LogP) is 2.89. The van der Waals surface area contributed by atoms with Crippen molar-refractivity contribution in [2.75, 3.05) is 26.8 Å². The molecule has 2 amide bonds. The number of nitrogens with one attached hydrogen (secondary N) is 2. The molecule has 0 saturated carbocycles. The van der Waals surface area contributed by atoms with E-state index in [0.717, 1.165) is 5.75 Å². The number of hydrogen-bond donors (Lipinski definition) is 2. The van der Waals surface area contributed by atoms with Gasteiger partial charge in [-0.15, -0.1) is 0 Å². The molecule has 2 N–H and O–H groups in total. The quantitative estimate of drug-likeness (QED) is 0.731. The predicted molar refractivity (Wildman–Crippen MR) is 89.5 cm³/mol. The summed E-state index contributed by atoms with van der Waals surface area (Å²) in [6, 6.07) is 15.2. The maximum absolute atomic E-state index is 13.2. The van der Waals surface area contributed by atoms with Gasteiger partial charge in [-0.05, 0) is 29.8 Å². The van der Waals surface area contributed by atoms with Crippen LogP contribution in [0, 0.1) is 5.82 Å². The molecule has 0 aromatic heterocycles. The molecule has 0 radical (unpaired) electrons. The topological polar surface area (TPSA) is 59.6 Å². The number of amides is 2. The van der Waals surface area contributed by atoms with Crippen LogP contribution in [-0.4, -0.2) is 32.8 Å². The van der Waals surface area contributed by atoms with E-state index >= 15 is 0 Å². The van der Waals surface area contributed by atoms with Crippen LogP contribution in [0.5, 0.6) is 5.75 Å². The molecule has 0 spiro atoms. The van der Waals surface area contributed by atoms with Crippen LogP contribution < -0.4 is 15.4 Å². The summed E-state index contributed by atoms with van der Waals surface area (Å²) in [5, 5.41) is 5.39. The normalized spacial score (nSPS) is 11.6. The van der Waals surface area contributed by atoms with Gasteiger partial charge in [0.1, 0.15) is 18.2 Å². The van der Waals surface area contributed by atoms with Crippen molar-refractivity contribution in [3.05, 3.63) is 66.0 Å². The third kappa shape index (κ3) is 5.89. The average molecular weight is 332 g/mol. The summed E-state index contributed by atoms with van der Waals surface area (Å²) >= 11 is 0. The number of rotatable bonds is 8. The van der Waals surface area contributed by atoms with Crippen molar-refractivity contribution in [2.24, 2.45) is 0 Å². The standard InChI is InChI=1S/C18H21FN2O3/c1-23-17(14-6-5-7-15(19)12-14)13-21-18(22)20-10-11-24-16-8-3-2-4-9-16/h2-9,12,17H,10-11,13H2,1H3,(H2,20,21,22)/t17-/m1/s1. The number of ether oxygens (including phenoxy) is 2. The molecule has 1 atom stereocenters. The van der Waals surface area contributed by atoms with Gasteiger partial charge in [-0.1, -0.05) is 30.3 Å². The number of methoxy groups -OCH3 is 1. The van der Waals surface area contributed by atoms with Crippen LogP contribution in [-0.2, 0) is 4.74 Å². The van der Waals surface area contributed by atoms with Crippen molar-refractivity contribution >= 4 is 6.03 Å². The van der Waals surface area contributed by atoms with Crippen LogP contribution in [0.25, 0.3) is 0 Å². The highest BCUT2D eigenvalue weighted by Crippen LogP contribution is 2.16. The minimum Gasteiger partial charge on any atom is -0.492 e. The number of halogens is 1. The molecular formula is C18H21FN2O3. The van der Waals surface area contributed by atoms with Crippen molar-refractivity contribution in [1.29, 1.82) is 0 Å². The zero-order valence-electron chi connectivity index (χ0n) is 13.5. The molecule has 24 heavy (non-hydrogen) atoms. The largest absolute Gasteiger partial charge is 0.492 e. The van der Waals surface area contributed by atoms with Gasteiger partial charge in [0.25, 0.3) is 0 Å². The Labute approximate surface area is 140 Å². The molecule has 0 bridgehead atoms. The summed E-state index contributed by atoms with van der Waals surface area (Å²) in [4.78, 5) is 11.8. The van der Waals surface area contributed by atoms with Crippen LogP contribution in [0.3, 0.4) is 0 Å². The minimum atomic E-state index is -0.410. The first-order chi connectivity index (χ1) is 11.7. The Morgan fingerprint density at radius 2 is 1.92 bits per heavy atom. The van der Waals surface area contributed by atoms with Gasteiger partial charge in [0.05, 0.1) is 12.6 Å². The minimum absolute atomic E-state index is 0.241. The van der Waals surface area contributed by atoms with Crippen LogP contribution in [0.2, 0.25) is 0 Å². The highest BCUT2D eigenvalue weighted by molar-refractivity contribution is 5.73. The number of para-hydroxylation sites is 1. The van der Waals surface area contributed by atoms with Gasteiger partial charge in [-0.2, -0.15) is 0 Å². The first-order valence-electron chi connectivity index (χ1n) is 7.67. The van der Waals surface area contributed by atoms with E-state index in [-0.39, 0.29) is 18.4 Å². The van der Waals surface area contributed by atoms with E-state index in [1.54, 1.807) is 12.1 Å². The zero-order valence-corrected chi connectivity index (χ0v) is 13.5. The molecule has 128 valence electrons. The van der Waals surface area contributed by atoms with Gasteiger partial charge < -0.3 is 20.1 Å². The Kier molecular flexibility index (Phi) is 7.04. The van der Waals surface area contributed by atoms with Gasteiger partial charge in [0.15, 0.2) is 0 Å². The third-order valence-corrected chi connectivity index (χ3v) is 3.35. The van der Waals surface area contributed by atoms with E-state index in [1.165, 1.54) is 19.2 Å². The third-order valence-electron chi connectivity index (χ3n) is 3.35. The van der Waals surface area contributed by atoms with Gasteiger partial charge >= 0.3 is 6.03 Å². The van der Waals surface area contributed by atoms with Crippen LogP contribution >= 0.6 is 0 Å². The highest BCUT2D eigenvalue weighted by atomic mass is 19.1. The van der Waals surface area contributed by atoms with E-state index in [4.69, 9.17) is 9.47 Å². The Balaban J connectivity index is 1.68. The molecule has 6 heteroatoms. The second kappa shape index (κ2) is 9.52. The molecule has 0 unspecified atom stereocenters. The van der Waals surface area contributed by atoms with Crippen molar-refractivity contribution in [2.45, 2.75) is 6.10 Å². The SMILES string of the molecule is CO[C@H](CNC(=O)NCCOc1ccccc1)c1cccc(F)c1. The molecule has 2 aromatic carbocycles. The first-order valence-corrected chi connectivity index (χ1v) is 7.67. The molecule has 0 saturated heterocycles. The monoisotopic (exact) mass is 332 g/mol. The fourth-order valence-corrected chi connectivity index (χ4v) is 2.14. The van der Waals surface area contributed by atoms with E-state index in [2.05, 4.69) is 10.6 Å². The molecule has 0 aliphatic carbocycles. The van der Waals surface area contributed by atoms with Crippen molar-refractivity contribution in [3.63, 3.8) is 0 Å². The lowest BCUT2D eigenvalue weighted by Crippen LogP contribution is -2.39. The van der Waals surface area contributed by atoms with Gasteiger partial charge in [-0.3, -0.25) is 0 Å². The van der Waals surface area contributed by atoms with Crippen molar-refractivity contribution < 1.29 is 18.7 Å². The number of benzene rings is 2. The number of carbonyl (C=O) groups excluding carboxylic acids is 1. The summed E-state index contributed by atoms with van der Waals surface area (Å²) in [6.45, 7) is 0.985. The summed E-state index contributed by atoms with van der Waals surface area (Å²) in [7, 11) is 1.52. The summed E-state index contributed by atoms with van der Waals surface area (Å²) in [6.07, 6.45) is -0.410. The molecular weight excluding hydrogens is 311 g/mol. The van der Waals surface area contributed by atoms with Crippen LogP contribution in [0.1, 0.15) is 11.7 Å². The summed E-state index contributed by atoms with van der Waals surface area (Å²) in [5.41, 5.74) is 0.671. The van der Waals surface area contributed by atoms with Crippen LogP contribution in [0.15, 0.2) is 54.6 Å². The van der Waals surface area contributed by atoms with Crippen LogP contribution in [0.4, 0.5) is 9.18 Å². The van der Waals surface area contributed by atoms with Gasteiger partial charge in [0.2, 0.25) is 0 Å². The fraction of sp³-hybridized carbons (Fsp3) is 0.278.